The van der Waals surface area contributed by atoms with Crippen molar-refractivity contribution in [3.05, 3.63) is 44.6 Å². The molecule has 1 aromatic carbocycles. The molecule has 0 fully saturated rings. The van der Waals surface area contributed by atoms with Crippen molar-refractivity contribution in [3.63, 3.8) is 0 Å². The molecule has 0 heterocycles. The molecule has 0 aliphatic rings. The molecule has 0 saturated heterocycles. The Morgan fingerprint density at radius 1 is 1.13 bits per heavy atom. The van der Waals surface area contributed by atoms with E-state index in [1.165, 1.54) is 18.2 Å². The number of azide groups is 2. The number of hydrogen-bond donors (Lipinski definition) is 1. The zero-order valence-electron chi connectivity index (χ0n) is 7.27. The van der Waals surface area contributed by atoms with Crippen LogP contribution in [0.4, 0.5) is 11.4 Å². The van der Waals surface area contributed by atoms with Gasteiger partial charge in [-0.3, -0.25) is 0 Å². The van der Waals surface area contributed by atoms with Crippen LogP contribution in [-0.4, -0.2) is 11.1 Å². The molecule has 15 heavy (non-hydrogen) atoms. The summed E-state index contributed by atoms with van der Waals surface area (Å²) in [5.74, 6) is -1.20. The lowest BCUT2D eigenvalue weighted by molar-refractivity contribution is 0.0697. The molecule has 0 aromatic heterocycles. The Balaban J connectivity index is 3.37. The van der Waals surface area contributed by atoms with Gasteiger partial charge in [0.2, 0.25) is 0 Å². The zero-order chi connectivity index (χ0) is 11.3. The molecule has 0 unspecified atom stereocenters. The molecule has 0 amide bonds. The molecule has 0 bridgehead atoms. The fourth-order valence-corrected chi connectivity index (χ4v) is 0.937. The van der Waals surface area contributed by atoms with E-state index in [9.17, 15) is 4.79 Å². The Kier molecular flexibility index (Phi) is 3.13. The molecule has 0 radical (unpaired) electrons. The molecule has 8 nitrogen and oxygen atoms in total. The average Bonchev–Trinajstić information content (AvgIpc) is 2.18. The number of aromatic carboxylic acids is 1. The van der Waals surface area contributed by atoms with Crippen molar-refractivity contribution in [1.82, 2.24) is 0 Å². The Hall–Kier alpha value is -2.69. The number of carboxylic acid groups (broad SMARTS) is 1. The van der Waals surface area contributed by atoms with Crippen molar-refractivity contribution in [1.29, 1.82) is 0 Å². The predicted octanol–water partition coefficient (Wildman–Crippen LogP) is 3.27. The summed E-state index contributed by atoms with van der Waals surface area (Å²) in [6.45, 7) is 0. The van der Waals surface area contributed by atoms with Crippen LogP contribution < -0.4 is 0 Å². The standard InChI is InChI=1S/C7H4N6O2/c8-12-10-5-1-4(7(14)15)2-6(3-5)11-13-9/h1-3H,(H,14,15). The normalized spacial score (nSPS) is 8.53. The minimum absolute atomic E-state index is 0.0831. The van der Waals surface area contributed by atoms with E-state index in [1.807, 2.05) is 0 Å². The van der Waals surface area contributed by atoms with E-state index in [0.29, 0.717) is 0 Å². The molecule has 0 aliphatic carbocycles. The van der Waals surface area contributed by atoms with Crippen LogP contribution in [0.2, 0.25) is 0 Å². The van der Waals surface area contributed by atoms with Crippen molar-refractivity contribution in [2.24, 2.45) is 10.2 Å². The van der Waals surface area contributed by atoms with Crippen molar-refractivity contribution < 1.29 is 9.90 Å². The minimum Gasteiger partial charge on any atom is -0.478 e. The molecular formula is C7H4N6O2. The van der Waals surface area contributed by atoms with Gasteiger partial charge in [-0.05, 0) is 29.3 Å². The Morgan fingerprint density at radius 3 is 1.93 bits per heavy atom. The first kappa shape index (κ1) is 10.4. The summed E-state index contributed by atoms with van der Waals surface area (Å²) in [5.41, 5.74) is 16.4. The van der Waals surface area contributed by atoms with Crippen LogP contribution in [0.5, 0.6) is 0 Å². The summed E-state index contributed by atoms with van der Waals surface area (Å²) in [6, 6.07) is 3.64. The molecule has 1 rings (SSSR count). The third-order valence-electron chi connectivity index (χ3n) is 1.47. The lowest BCUT2D eigenvalue weighted by atomic mass is 10.2. The van der Waals surface area contributed by atoms with Crippen molar-refractivity contribution in [3.8, 4) is 0 Å². The SMILES string of the molecule is [N-]=[N+]=Nc1cc(N=[N+]=[N-])cc(C(=O)O)c1. The molecular weight excluding hydrogens is 200 g/mol. The third kappa shape index (κ3) is 2.63. The molecule has 8 heteroatoms. The predicted molar refractivity (Wildman–Crippen MR) is 51.0 cm³/mol. The van der Waals surface area contributed by atoms with Crippen LogP contribution in [0.3, 0.4) is 0 Å². The first-order chi connectivity index (χ1) is 7.17. The summed E-state index contributed by atoms with van der Waals surface area (Å²) in [6.07, 6.45) is 0. The summed E-state index contributed by atoms with van der Waals surface area (Å²) >= 11 is 0. The van der Waals surface area contributed by atoms with E-state index in [-0.39, 0.29) is 16.9 Å². The number of rotatable bonds is 3. The van der Waals surface area contributed by atoms with Crippen LogP contribution in [0, 0.1) is 0 Å². The highest BCUT2D eigenvalue weighted by Crippen LogP contribution is 2.24. The second-order valence-electron chi connectivity index (χ2n) is 2.42. The summed E-state index contributed by atoms with van der Waals surface area (Å²) in [5, 5.41) is 15.2. The number of benzene rings is 1. The van der Waals surface area contributed by atoms with Crippen LogP contribution in [0.25, 0.3) is 20.9 Å². The van der Waals surface area contributed by atoms with E-state index in [4.69, 9.17) is 16.2 Å². The van der Waals surface area contributed by atoms with Gasteiger partial charge < -0.3 is 5.11 Å². The van der Waals surface area contributed by atoms with Crippen LogP contribution in [0.15, 0.2) is 28.4 Å². The van der Waals surface area contributed by atoms with Gasteiger partial charge in [0.1, 0.15) is 0 Å². The molecule has 0 saturated carbocycles. The Bertz CT molecular complexity index is 432. The number of hydrogen-bond acceptors (Lipinski definition) is 3. The first-order valence-corrected chi connectivity index (χ1v) is 3.66. The summed E-state index contributed by atoms with van der Waals surface area (Å²) in [4.78, 5) is 15.7. The lowest BCUT2D eigenvalue weighted by Gasteiger charge is -1.98. The van der Waals surface area contributed by atoms with E-state index >= 15 is 0 Å². The average molecular weight is 204 g/mol. The van der Waals surface area contributed by atoms with Crippen LogP contribution in [-0.2, 0) is 0 Å². The van der Waals surface area contributed by atoms with Crippen LogP contribution >= 0.6 is 0 Å². The molecule has 0 atom stereocenters. The highest BCUT2D eigenvalue weighted by atomic mass is 16.4. The van der Waals surface area contributed by atoms with Crippen molar-refractivity contribution >= 4 is 17.3 Å². The van der Waals surface area contributed by atoms with Gasteiger partial charge in [0.05, 0.1) is 5.56 Å². The van der Waals surface area contributed by atoms with E-state index < -0.39 is 5.97 Å². The monoisotopic (exact) mass is 204 g/mol. The molecule has 0 spiro atoms. The Labute approximate surface area is 83.0 Å². The van der Waals surface area contributed by atoms with Gasteiger partial charge in [0, 0.05) is 21.2 Å². The van der Waals surface area contributed by atoms with E-state index in [1.54, 1.807) is 0 Å². The van der Waals surface area contributed by atoms with Gasteiger partial charge in [0.15, 0.2) is 0 Å². The number of carboxylic acids is 1. The fraction of sp³-hybridized carbons (Fsp3) is 0. The van der Waals surface area contributed by atoms with Crippen LogP contribution in [0.1, 0.15) is 10.4 Å². The minimum atomic E-state index is -1.20. The molecule has 0 aliphatic heterocycles. The summed E-state index contributed by atoms with van der Waals surface area (Å²) in [7, 11) is 0. The van der Waals surface area contributed by atoms with Gasteiger partial charge >= 0.3 is 5.97 Å². The van der Waals surface area contributed by atoms with Crippen molar-refractivity contribution in [2.45, 2.75) is 0 Å². The smallest absolute Gasteiger partial charge is 0.335 e. The van der Waals surface area contributed by atoms with Gasteiger partial charge in [-0.15, -0.1) is 0 Å². The number of nitrogens with zero attached hydrogens (tertiary/aromatic N) is 6. The van der Waals surface area contributed by atoms with Gasteiger partial charge in [0.25, 0.3) is 0 Å². The molecule has 74 valence electrons. The maximum atomic E-state index is 10.6. The highest BCUT2D eigenvalue weighted by Gasteiger charge is 2.05. The van der Waals surface area contributed by atoms with Crippen molar-refractivity contribution in [2.75, 3.05) is 0 Å². The third-order valence-corrected chi connectivity index (χ3v) is 1.47. The number of carbonyl (C=O) groups is 1. The first-order valence-electron chi connectivity index (χ1n) is 3.66. The quantitative estimate of drug-likeness (QED) is 0.459. The Morgan fingerprint density at radius 2 is 1.60 bits per heavy atom. The molecule has 1 aromatic rings. The highest BCUT2D eigenvalue weighted by molar-refractivity contribution is 5.89. The fourth-order valence-electron chi connectivity index (χ4n) is 0.937. The van der Waals surface area contributed by atoms with Gasteiger partial charge in [-0.2, -0.15) is 0 Å². The van der Waals surface area contributed by atoms with E-state index in [2.05, 4.69) is 20.1 Å². The summed E-state index contributed by atoms with van der Waals surface area (Å²) < 4.78 is 0. The molecule has 1 N–H and O–H groups in total. The van der Waals surface area contributed by atoms with Gasteiger partial charge in [-0.25, -0.2) is 4.79 Å². The van der Waals surface area contributed by atoms with E-state index in [0.717, 1.165) is 0 Å². The zero-order valence-corrected chi connectivity index (χ0v) is 7.27. The van der Waals surface area contributed by atoms with Gasteiger partial charge in [-0.1, -0.05) is 10.2 Å². The maximum Gasteiger partial charge on any atom is 0.335 e. The largest absolute Gasteiger partial charge is 0.478 e. The second kappa shape index (κ2) is 4.52. The second-order valence-corrected chi connectivity index (χ2v) is 2.42. The topological polar surface area (TPSA) is 135 Å². The lowest BCUT2D eigenvalue weighted by Crippen LogP contribution is -1.94. The maximum absolute atomic E-state index is 10.6.